The standard InChI is InChI=1S/C12H12F3N5S/c1-20-5-4-17-9(20)6-18-11-7(10(16)21)2-3-8(19-11)12(13,14)15/h2-5H,6H2,1H3,(H2,16,21)(H,18,19). The molecule has 21 heavy (non-hydrogen) atoms. The van der Waals surface area contributed by atoms with Gasteiger partial charge in [0.2, 0.25) is 0 Å². The van der Waals surface area contributed by atoms with Crippen molar-refractivity contribution in [3.63, 3.8) is 0 Å². The number of thiocarbonyl (C=S) groups is 1. The Morgan fingerprint density at radius 1 is 1.43 bits per heavy atom. The number of nitrogens with two attached hydrogens (primary N) is 1. The molecule has 0 radical (unpaired) electrons. The lowest BCUT2D eigenvalue weighted by molar-refractivity contribution is -0.141. The molecule has 9 heteroatoms. The van der Waals surface area contributed by atoms with Gasteiger partial charge in [-0.1, -0.05) is 12.2 Å². The Labute approximate surface area is 124 Å². The molecule has 2 rings (SSSR count). The lowest BCUT2D eigenvalue weighted by atomic mass is 10.2. The molecule has 0 unspecified atom stereocenters. The molecule has 0 spiro atoms. The first-order chi connectivity index (χ1) is 9.79. The number of pyridine rings is 1. The van der Waals surface area contributed by atoms with Gasteiger partial charge in [0.1, 0.15) is 22.3 Å². The number of imidazole rings is 1. The van der Waals surface area contributed by atoms with E-state index < -0.39 is 11.9 Å². The smallest absolute Gasteiger partial charge is 0.389 e. The lowest BCUT2D eigenvalue weighted by Crippen LogP contribution is -2.18. The minimum absolute atomic E-state index is 0.0136. The second-order valence-corrected chi connectivity index (χ2v) is 4.70. The molecule has 112 valence electrons. The number of hydrogen-bond acceptors (Lipinski definition) is 4. The number of nitrogens with zero attached hydrogens (tertiary/aromatic N) is 3. The fourth-order valence-electron chi connectivity index (χ4n) is 1.68. The lowest BCUT2D eigenvalue weighted by Gasteiger charge is -2.13. The summed E-state index contributed by atoms with van der Waals surface area (Å²) in [4.78, 5) is 7.59. The van der Waals surface area contributed by atoms with Gasteiger partial charge >= 0.3 is 6.18 Å². The van der Waals surface area contributed by atoms with Gasteiger partial charge in [-0.05, 0) is 12.1 Å². The Morgan fingerprint density at radius 2 is 2.14 bits per heavy atom. The van der Waals surface area contributed by atoms with Crippen LogP contribution < -0.4 is 11.1 Å². The summed E-state index contributed by atoms with van der Waals surface area (Å²) in [5, 5.41) is 2.79. The zero-order valence-electron chi connectivity index (χ0n) is 11.0. The van der Waals surface area contributed by atoms with E-state index in [-0.39, 0.29) is 22.9 Å². The zero-order chi connectivity index (χ0) is 15.6. The van der Waals surface area contributed by atoms with E-state index >= 15 is 0 Å². The van der Waals surface area contributed by atoms with Gasteiger partial charge in [0.25, 0.3) is 0 Å². The molecule has 0 aliphatic carbocycles. The maximum Gasteiger partial charge on any atom is 0.433 e. The van der Waals surface area contributed by atoms with Crippen molar-refractivity contribution in [2.45, 2.75) is 12.7 Å². The predicted molar refractivity (Wildman–Crippen MR) is 75.7 cm³/mol. The van der Waals surface area contributed by atoms with Gasteiger partial charge < -0.3 is 15.6 Å². The van der Waals surface area contributed by atoms with Crippen molar-refractivity contribution in [3.8, 4) is 0 Å². The summed E-state index contributed by atoms with van der Waals surface area (Å²) < 4.78 is 39.9. The first-order valence-electron chi connectivity index (χ1n) is 5.87. The summed E-state index contributed by atoms with van der Waals surface area (Å²) in [5.41, 5.74) is 4.75. The second-order valence-electron chi connectivity index (χ2n) is 4.26. The van der Waals surface area contributed by atoms with Crippen LogP contribution in [0, 0.1) is 0 Å². The molecule has 0 atom stereocenters. The van der Waals surface area contributed by atoms with Crippen LogP contribution in [0.15, 0.2) is 24.5 Å². The van der Waals surface area contributed by atoms with Gasteiger partial charge in [0.15, 0.2) is 0 Å². The summed E-state index contributed by atoms with van der Waals surface area (Å²) >= 11 is 4.82. The van der Waals surface area contributed by atoms with Crippen LogP contribution in [0.3, 0.4) is 0 Å². The van der Waals surface area contributed by atoms with Gasteiger partial charge in [-0.3, -0.25) is 0 Å². The van der Waals surface area contributed by atoms with Crippen LogP contribution in [-0.4, -0.2) is 19.5 Å². The van der Waals surface area contributed by atoms with Crippen LogP contribution >= 0.6 is 12.2 Å². The Balaban J connectivity index is 2.31. The largest absolute Gasteiger partial charge is 0.433 e. The normalized spacial score (nSPS) is 11.4. The summed E-state index contributed by atoms with van der Waals surface area (Å²) in [6, 6.07) is 2.05. The molecule has 0 saturated carbocycles. The maximum atomic E-state index is 12.7. The van der Waals surface area contributed by atoms with Crippen LogP contribution in [0.25, 0.3) is 0 Å². The molecule has 5 nitrogen and oxygen atoms in total. The average molecular weight is 315 g/mol. The van der Waals surface area contributed by atoms with E-state index in [1.807, 2.05) is 0 Å². The van der Waals surface area contributed by atoms with Crippen molar-refractivity contribution < 1.29 is 13.2 Å². The molecular weight excluding hydrogens is 303 g/mol. The number of hydrogen-bond donors (Lipinski definition) is 2. The number of halogens is 3. The number of nitrogens with one attached hydrogen (secondary N) is 1. The molecule has 2 aromatic heterocycles. The molecule has 0 fully saturated rings. The van der Waals surface area contributed by atoms with Crippen LogP contribution in [0.1, 0.15) is 17.1 Å². The van der Waals surface area contributed by atoms with Gasteiger partial charge in [-0.15, -0.1) is 0 Å². The van der Waals surface area contributed by atoms with Crippen molar-refractivity contribution in [2.75, 3.05) is 5.32 Å². The molecule has 3 N–H and O–H groups in total. The van der Waals surface area contributed by atoms with E-state index in [1.165, 1.54) is 6.07 Å². The maximum absolute atomic E-state index is 12.7. The Bertz CT molecular complexity index is 665. The van der Waals surface area contributed by atoms with Crippen LogP contribution in [-0.2, 0) is 19.8 Å². The summed E-state index contributed by atoms with van der Waals surface area (Å²) in [7, 11) is 1.78. The summed E-state index contributed by atoms with van der Waals surface area (Å²) in [6.07, 6.45) is -1.22. The van der Waals surface area contributed by atoms with Gasteiger partial charge in [-0.2, -0.15) is 13.2 Å². The molecule has 0 amide bonds. The van der Waals surface area contributed by atoms with E-state index in [4.69, 9.17) is 18.0 Å². The van der Waals surface area contributed by atoms with E-state index in [0.717, 1.165) is 6.07 Å². The van der Waals surface area contributed by atoms with Gasteiger partial charge in [-0.25, -0.2) is 9.97 Å². The van der Waals surface area contributed by atoms with E-state index in [1.54, 1.807) is 24.0 Å². The minimum Gasteiger partial charge on any atom is -0.389 e. The number of aromatic nitrogens is 3. The van der Waals surface area contributed by atoms with E-state index in [9.17, 15) is 13.2 Å². The van der Waals surface area contributed by atoms with E-state index in [0.29, 0.717) is 5.82 Å². The van der Waals surface area contributed by atoms with Gasteiger partial charge in [0.05, 0.1) is 12.1 Å². The highest BCUT2D eigenvalue weighted by atomic mass is 32.1. The SMILES string of the molecule is Cn1ccnc1CNc1nc(C(F)(F)F)ccc1C(N)=S. The Hall–Kier alpha value is -2.16. The highest BCUT2D eigenvalue weighted by Crippen LogP contribution is 2.29. The van der Waals surface area contributed by atoms with Gasteiger partial charge in [0, 0.05) is 19.4 Å². The third-order valence-electron chi connectivity index (χ3n) is 2.79. The Morgan fingerprint density at radius 3 is 2.67 bits per heavy atom. The molecule has 0 aliphatic rings. The first-order valence-corrected chi connectivity index (χ1v) is 6.28. The minimum atomic E-state index is -4.53. The second kappa shape index (κ2) is 5.68. The van der Waals surface area contributed by atoms with Crippen molar-refractivity contribution in [2.24, 2.45) is 12.8 Å². The number of aryl methyl sites for hydroxylation is 1. The molecule has 0 aromatic carbocycles. The van der Waals surface area contributed by atoms with Crippen molar-refractivity contribution in [1.29, 1.82) is 0 Å². The molecule has 0 aliphatic heterocycles. The topological polar surface area (TPSA) is 68.8 Å². The highest BCUT2D eigenvalue weighted by Gasteiger charge is 2.33. The molecule has 0 saturated heterocycles. The van der Waals surface area contributed by atoms with Crippen molar-refractivity contribution >= 4 is 23.0 Å². The predicted octanol–water partition coefficient (Wildman–Crippen LogP) is 2.08. The highest BCUT2D eigenvalue weighted by molar-refractivity contribution is 7.80. The molecular formula is C12H12F3N5S. The van der Waals surface area contributed by atoms with Crippen molar-refractivity contribution in [1.82, 2.24) is 14.5 Å². The number of anilines is 1. The monoisotopic (exact) mass is 315 g/mol. The quantitative estimate of drug-likeness (QED) is 0.846. The fraction of sp³-hybridized carbons (Fsp3) is 0.250. The first kappa shape index (κ1) is 15.2. The summed E-state index contributed by atoms with van der Waals surface area (Å²) in [6.45, 7) is 0.202. The van der Waals surface area contributed by atoms with Crippen LogP contribution in [0.4, 0.5) is 19.0 Å². The molecule has 2 aromatic rings. The average Bonchev–Trinajstić information content (AvgIpc) is 2.80. The van der Waals surface area contributed by atoms with E-state index in [2.05, 4.69) is 15.3 Å². The van der Waals surface area contributed by atoms with Crippen LogP contribution in [0.2, 0.25) is 0 Å². The molecule has 0 bridgehead atoms. The zero-order valence-corrected chi connectivity index (χ0v) is 11.8. The number of alkyl halides is 3. The fourth-order valence-corrected chi connectivity index (χ4v) is 1.84. The number of rotatable bonds is 4. The van der Waals surface area contributed by atoms with Crippen LogP contribution in [0.5, 0.6) is 0 Å². The third kappa shape index (κ3) is 3.48. The molecule has 2 heterocycles. The Kier molecular flexibility index (Phi) is 4.12. The third-order valence-corrected chi connectivity index (χ3v) is 3.01. The summed E-state index contributed by atoms with van der Waals surface area (Å²) in [5.74, 6) is 0.628. The van der Waals surface area contributed by atoms with Crippen molar-refractivity contribution in [3.05, 3.63) is 41.6 Å².